The highest BCUT2D eigenvalue weighted by Crippen LogP contribution is 2.15. The van der Waals surface area contributed by atoms with Crippen LogP contribution in [0.15, 0.2) is 42.5 Å². The zero-order valence-electron chi connectivity index (χ0n) is 10.2. The Morgan fingerprint density at radius 2 is 1.94 bits per heavy atom. The van der Waals surface area contributed by atoms with E-state index in [-0.39, 0.29) is 6.10 Å². The number of benzene rings is 1. The maximum absolute atomic E-state index is 9.95. The minimum Gasteiger partial charge on any atom is -0.389 e. The van der Waals surface area contributed by atoms with Crippen LogP contribution in [0.1, 0.15) is 31.2 Å². The van der Waals surface area contributed by atoms with Crippen molar-refractivity contribution in [3.63, 3.8) is 0 Å². The molecule has 1 atom stereocenters. The number of rotatable bonds is 8. The molecule has 1 unspecified atom stereocenters. The zero-order chi connectivity index (χ0) is 12.5. The van der Waals surface area contributed by atoms with E-state index in [9.17, 15) is 5.11 Å². The summed E-state index contributed by atoms with van der Waals surface area (Å²) in [5.74, 6) is 0.688. The van der Waals surface area contributed by atoms with Crippen LogP contribution < -0.4 is 0 Å². The number of aliphatic hydroxyl groups is 1. The molecular formula is C15H21ClO. The molecule has 0 amide bonds. The van der Waals surface area contributed by atoms with Crippen molar-refractivity contribution in [2.75, 3.05) is 5.88 Å². The molecular weight excluding hydrogens is 232 g/mol. The summed E-state index contributed by atoms with van der Waals surface area (Å²) in [5, 5.41) is 9.95. The summed E-state index contributed by atoms with van der Waals surface area (Å²) >= 11 is 5.61. The molecule has 0 heterocycles. The predicted molar refractivity (Wildman–Crippen MR) is 74.5 cm³/mol. The molecule has 0 spiro atoms. The normalized spacial score (nSPS) is 12.4. The second-order valence-electron chi connectivity index (χ2n) is 4.34. The molecule has 1 rings (SSSR count). The summed E-state index contributed by atoms with van der Waals surface area (Å²) in [6.45, 7) is 3.95. The van der Waals surface area contributed by atoms with Crippen molar-refractivity contribution in [1.82, 2.24) is 0 Å². The first-order valence-electron chi connectivity index (χ1n) is 6.19. The van der Waals surface area contributed by atoms with E-state index >= 15 is 0 Å². The van der Waals surface area contributed by atoms with Gasteiger partial charge in [-0.25, -0.2) is 0 Å². The molecule has 1 N–H and O–H groups in total. The van der Waals surface area contributed by atoms with Gasteiger partial charge in [0.2, 0.25) is 0 Å². The van der Waals surface area contributed by atoms with Gasteiger partial charge in [0, 0.05) is 5.88 Å². The molecule has 0 aliphatic heterocycles. The van der Waals surface area contributed by atoms with Crippen LogP contribution in [0.2, 0.25) is 0 Å². The maximum Gasteiger partial charge on any atom is 0.0750 e. The van der Waals surface area contributed by atoms with Crippen LogP contribution in [0.25, 0.3) is 0 Å². The molecule has 1 nitrogen and oxygen atoms in total. The van der Waals surface area contributed by atoms with Gasteiger partial charge in [0.25, 0.3) is 0 Å². The largest absolute Gasteiger partial charge is 0.389 e. The van der Waals surface area contributed by atoms with E-state index < -0.39 is 0 Å². The second kappa shape index (κ2) is 8.32. The Bertz CT molecular complexity index is 321. The lowest BCUT2D eigenvalue weighted by Crippen LogP contribution is -2.11. The quantitative estimate of drug-likeness (QED) is 0.422. The molecule has 0 saturated carbocycles. The lowest BCUT2D eigenvalue weighted by molar-refractivity contribution is 0.196. The molecule has 0 radical (unpaired) electrons. The highest BCUT2D eigenvalue weighted by molar-refractivity contribution is 6.17. The first-order valence-corrected chi connectivity index (χ1v) is 6.73. The lowest BCUT2D eigenvalue weighted by Gasteiger charge is -2.13. The van der Waals surface area contributed by atoms with Gasteiger partial charge in [-0.05, 0) is 43.2 Å². The standard InChI is InChI=1S/C15H21ClO/c1-13(7-5-6-12-16)15(17)11-10-14-8-3-2-4-9-14/h2-4,8-9,15,17H,1,5-7,10-12H2. The number of hydrogen-bond acceptors (Lipinski definition) is 1. The summed E-state index contributed by atoms with van der Waals surface area (Å²) in [6.07, 6.45) is 4.16. The zero-order valence-corrected chi connectivity index (χ0v) is 11.0. The van der Waals surface area contributed by atoms with Crippen molar-refractivity contribution in [1.29, 1.82) is 0 Å². The molecule has 94 valence electrons. The smallest absolute Gasteiger partial charge is 0.0750 e. The van der Waals surface area contributed by atoms with E-state index in [0.29, 0.717) is 5.88 Å². The van der Waals surface area contributed by atoms with Gasteiger partial charge in [-0.3, -0.25) is 0 Å². The minimum absolute atomic E-state index is 0.384. The van der Waals surface area contributed by atoms with Gasteiger partial charge in [-0.1, -0.05) is 36.9 Å². The molecule has 0 saturated heterocycles. The van der Waals surface area contributed by atoms with E-state index in [4.69, 9.17) is 11.6 Å². The molecule has 1 aromatic carbocycles. The Labute approximate surface area is 109 Å². The van der Waals surface area contributed by atoms with Gasteiger partial charge in [-0.15, -0.1) is 11.6 Å². The van der Waals surface area contributed by atoms with Gasteiger partial charge in [0.15, 0.2) is 0 Å². The Morgan fingerprint density at radius 3 is 2.59 bits per heavy atom. The van der Waals surface area contributed by atoms with Crippen LogP contribution in [0.5, 0.6) is 0 Å². The van der Waals surface area contributed by atoms with Crippen LogP contribution in [0.4, 0.5) is 0 Å². The first kappa shape index (κ1) is 14.3. The van der Waals surface area contributed by atoms with Crippen molar-refractivity contribution < 1.29 is 5.11 Å². The first-order chi connectivity index (χ1) is 8.24. The van der Waals surface area contributed by atoms with Gasteiger partial charge in [-0.2, -0.15) is 0 Å². The van der Waals surface area contributed by atoms with Crippen LogP contribution in [-0.2, 0) is 6.42 Å². The number of aliphatic hydroxyl groups excluding tert-OH is 1. The number of aryl methyl sites for hydroxylation is 1. The van der Waals surface area contributed by atoms with E-state index in [1.54, 1.807) is 0 Å². The summed E-state index contributed by atoms with van der Waals surface area (Å²) in [7, 11) is 0. The predicted octanol–water partition coefficient (Wildman–Crippen LogP) is 3.95. The number of halogens is 1. The third-order valence-electron chi connectivity index (χ3n) is 2.90. The van der Waals surface area contributed by atoms with E-state index in [1.165, 1.54) is 5.56 Å². The molecule has 17 heavy (non-hydrogen) atoms. The van der Waals surface area contributed by atoms with Crippen molar-refractivity contribution in [3.8, 4) is 0 Å². The molecule has 0 aliphatic rings. The molecule has 0 bridgehead atoms. The molecule has 0 fully saturated rings. The summed E-state index contributed by atoms with van der Waals surface area (Å²) in [6, 6.07) is 10.2. The minimum atomic E-state index is -0.384. The SMILES string of the molecule is C=C(CCCCCl)C(O)CCc1ccccc1. The van der Waals surface area contributed by atoms with Crippen molar-refractivity contribution in [2.24, 2.45) is 0 Å². The third-order valence-corrected chi connectivity index (χ3v) is 3.17. The number of hydrogen-bond donors (Lipinski definition) is 1. The van der Waals surface area contributed by atoms with Crippen LogP contribution in [0, 0.1) is 0 Å². The van der Waals surface area contributed by atoms with Crippen LogP contribution in [-0.4, -0.2) is 17.1 Å². The molecule has 0 aliphatic carbocycles. The fraction of sp³-hybridized carbons (Fsp3) is 0.467. The van der Waals surface area contributed by atoms with Gasteiger partial charge in [0.05, 0.1) is 6.10 Å². The van der Waals surface area contributed by atoms with E-state index in [2.05, 4.69) is 18.7 Å². The molecule has 1 aromatic rings. The Hall–Kier alpha value is -0.790. The van der Waals surface area contributed by atoms with Crippen molar-refractivity contribution >= 4 is 11.6 Å². The van der Waals surface area contributed by atoms with Gasteiger partial charge in [0.1, 0.15) is 0 Å². The fourth-order valence-electron chi connectivity index (χ4n) is 1.77. The van der Waals surface area contributed by atoms with Gasteiger partial charge >= 0.3 is 0 Å². The lowest BCUT2D eigenvalue weighted by atomic mass is 9.99. The van der Waals surface area contributed by atoms with E-state index in [1.807, 2.05) is 18.2 Å². The Morgan fingerprint density at radius 1 is 1.24 bits per heavy atom. The number of alkyl halides is 1. The average molecular weight is 253 g/mol. The maximum atomic E-state index is 9.95. The van der Waals surface area contributed by atoms with Crippen LogP contribution in [0.3, 0.4) is 0 Å². The van der Waals surface area contributed by atoms with Gasteiger partial charge < -0.3 is 5.11 Å². The molecule has 0 aromatic heterocycles. The highest BCUT2D eigenvalue weighted by Gasteiger charge is 2.08. The third kappa shape index (κ3) is 5.90. The monoisotopic (exact) mass is 252 g/mol. The summed E-state index contributed by atoms with van der Waals surface area (Å²) in [5.41, 5.74) is 2.20. The average Bonchev–Trinajstić information content (AvgIpc) is 2.37. The molecule has 2 heteroatoms. The highest BCUT2D eigenvalue weighted by atomic mass is 35.5. The summed E-state index contributed by atoms with van der Waals surface area (Å²) in [4.78, 5) is 0. The van der Waals surface area contributed by atoms with Crippen molar-refractivity contribution in [2.45, 2.75) is 38.2 Å². The second-order valence-corrected chi connectivity index (χ2v) is 4.72. The topological polar surface area (TPSA) is 20.2 Å². The number of unbranched alkanes of at least 4 members (excludes halogenated alkanes) is 1. The van der Waals surface area contributed by atoms with Crippen LogP contribution >= 0.6 is 11.6 Å². The Kier molecular flexibility index (Phi) is 6.99. The summed E-state index contributed by atoms with van der Waals surface area (Å²) < 4.78 is 0. The Balaban J connectivity index is 2.24. The van der Waals surface area contributed by atoms with E-state index in [0.717, 1.165) is 37.7 Å². The van der Waals surface area contributed by atoms with Crippen molar-refractivity contribution in [3.05, 3.63) is 48.0 Å². The fourth-order valence-corrected chi connectivity index (χ4v) is 1.95.